The van der Waals surface area contributed by atoms with Crippen molar-refractivity contribution in [1.82, 2.24) is 4.90 Å². The minimum Gasteiger partial charge on any atom is -0.312 e. The van der Waals surface area contributed by atoms with Crippen LogP contribution in [0.1, 0.15) is 51.9 Å². The molecule has 3 unspecified atom stereocenters. The Morgan fingerprint density at radius 1 is 1.07 bits per heavy atom. The highest BCUT2D eigenvalue weighted by Crippen LogP contribution is 2.38. The highest BCUT2D eigenvalue weighted by Gasteiger charge is 2.35. The zero-order valence-corrected chi connectivity index (χ0v) is 17.8. The smallest absolute Gasteiger partial charge is 0.168 e. The van der Waals surface area contributed by atoms with Gasteiger partial charge in [-0.1, -0.05) is 55.4 Å². The standard InChI is InChI=1S/C23H32B3NO2/c1-3-5-8-16(4-2)22-21(25)19(24)13-14-27(22)15-20(28)17-9-6-11-18(23(26)29)12-7-10-17/h3-5,8,17-19,21-22H,2,6-7,9-15H2,1H3/b5-3-,16-8+. The number of nitrogens with zero attached hydrogens (tertiary/aromatic N) is 1. The molecule has 2 fully saturated rings. The lowest BCUT2D eigenvalue weighted by Gasteiger charge is -2.45. The SMILES string of the molecule is [B]C(=O)C1CCCC(C(=O)CN2CCC([B])C([B])C2/C(C=C)=C/C=C\C)CCC1. The van der Waals surface area contributed by atoms with Crippen LogP contribution in [0.2, 0.25) is 11.6 Å². The summed E-state index contributed by atoms with van der Waals surface area (Å²) in [6, 6.07) is -0.107. The molecule has 0 N–H and O–H groups in total. The third-order valence-corrected chi connectivity index (χ3v) is 6.49. The van der Waals surface area contributed by atoms with Crippen LogP contribution < -0.4 is 0 Å². The third kappa shape index (κ3) is 6.60. The average Bonchev–Trinajstić information content (AvgIpc) is 2.66. The first-order valence-corrected chi connectivity index (χ1v) is 10.9. The van der Waals surface area contributed by atoms with Gasteiger partial charge in [0.05, 0.1) is 27.9 Å². The lowest BCUT2D eigenvalue weighted by atomic mass is 9.58. The molecule has 0 spiro atoms. The quantitative estimate of drug-likeness (QED) is 0.496. The van der Waals surface area contributed by atoms with Gasteiger partial charge in [0.1, 0.15) is 5.78 Å². The Hall–Kier alpha value is -1.29. The molecule has 0 aromatic carbocycles. The molecule has 0 bridgehead atoms. The molecule has 1 heterocycles. The molecule has 6 heteroatoms. The Balaban J connectivity index is 2.08. The van der Waals surface area contributed by atoms with Crippen molar-refractivity contribution in [1.29, 1.82) is 0 Å². The predicted molar refractivity (Wildman–Crippen MR) is 123 cm³/mol. The second kappa shape index (κ2) is 11.8. The minimum atomic E-state index is -0.236. The summed E-state index contributed by atoms with van der Waals surface area (Å²) in [6.07, 6.45) is 13.5. The minimum absolute atomic E-state index is 0.0380. The van der Waals surface area contributed by atoms with Crippen molar-refractivity contribution in [3.63, 3.8) is 0 Å². The van der Waals surface area contributed by atoms with Gasteiger partial charge in [-0.2, -0.15) is 0 Å². The van der Waals surface area contributed by atoms with Crippen LogP contribution >= 0.6 is 0 Å². The molecule has 2 aliphatic rings. The number of hydrogen-bond donors (Lipinski definition) is 0. The van der Waals surface area contributed by atoms with E-state index in [2.05, 4.69) is 11.5 Å². The van der Waals surface area contributed by atoms with E-state index in [0.29, 0.717) is 6.54 Å². The van der Waals surface area contributed by atoms with Crippen LogP contribution in [0.3, 0.4) is 0 Å². The lowest BCUT2D eigenvalue weighted by molar-refractivity contribution is -0.125. The molecule has 1 saturated carbocycles. The van der Waals surface area contributed by atoms with E-state index in [1.54, 1.807) is 0 Å². The predicted octanol–water partition coefficient (Wildman–Crippen LogP) is 3.51. The largest absolute Gasteiger partial charge is 0.312 e. The maximum Gasteiger partial charge on any atom is 0.168 e. The van der Waals surface area contributed by atoms with E-state index in [1.807, 2.05) is 31.2 Å². The maximum atomic E-state index is 13.1. The highest BCUT2D eigenvalue weighted by atomic mass is 16.1. The van der Waals surface area contributed by atoms with Gasteiger partial charge in [0.2, 0.25) is 0 Å². The summed E-state index contributed by atoms with van der Waals surface area (Å²) >= 11 is 0. The van der Waals surface area contributed by atoms with Crippen molar-refractivity contribution in [3.8, 4) is 0 Å². The summed E-state index contributed by atoms with van der Waals surface area (Å²) in [5.41, 5.74) is 0.793. The van der Waals surface area contributed by atoms with E-state index in [0.717, 1.165) is 57.1 Å². The molecule has 6 radical (unpaired) electrons. The van der Waals surface area contributed by atoms with Crippen molar-refractivity contribution in [2.24, 2.45) is 11.8 Å². The van der Waals surface area contributed by atoms with Crippen molar-refractivity contribution < 1.29 is 9.59 Å². The van der Waals surface area contributed by atoms with Gasteiger partial charge in [-0.05, 0) is 51.1 Å². The van der Waals surface area contributed by atoms with E-state index < -0.39 is 0 Å². The topological polar surface area (TPSA) is 37.4 Å². The zero-order valence-electron chi connectivity index (χ0n) is 17.8. The molecular weight excluding hydrogens is 355 g/mol. The van der Waals surface area contributed by atoms with Crippen LogP contribution in [0.15, 0.2) is 36.5 Å². The molecular formula is C23H32B3NO2. The van der Waals surface area contributed by atoms with Gasteiger partial charge >= 0.3 is 0 Å². The number of rotatable bonds is 7. The number of carbonyl (C=O) groups excluding carboxylic acids is 2. The fourth-order valence-corrected chi connectivity index (χ4v) is 4.67. The van der Waals surface area contributed by atoms with Crippen molar-refractivity contribution in [2.45, 2.75) is 69.5 Å². The second-order valence-electron chi connectivity index (χ2n) is 8.47. The summed E-state index contributed by atoms with van der Waals surface area (Å²) in [4.78, 5) is 26.8. The second-order valence-corrected chi connectivity index (χ2v) is 8.47. The summed E-state index contributed by atoms with van der Waals surface area (Å²) in [5, 5.41) is 0. The number of ketones is 1. The number of carbonyl (C=O) groups is 2. The lowest BCUT2D eigenvalue weighted by Crippen LogP contribution is -2.49. The number of piperidine rings is 1. The molecule has 3 atom stereocenters. The Morgan fingerprint density at radius 2 is 1.69 bits per heavy atom. The Labute approximate surface area is 180 Å². The van der Waals surface area contributed by atoms with Crippen LogP contribution in [-0.2, 0) is 9.59 Å². The molecule has 0 amide bonds. The van der Waals surface area contributed by atoms with Gasteiger partial charge in [-0.25, -0.2) is 0 Å². The first-order valence-electron chi connectivity index (χ1n) is 10.9. The van der Waals surface area contributed by atoms with Gasteiger partial charge in [-0.15, -0.1) is 0 Å². The Morgan fingerprint density at radius 3 is 2.24 bits per heavy atom. The molecule has 1 aliphatic carbocycles. The van der Waals surface area contributed by atoms with Crippen molar-refractivity contribution >= 4 is 35.0 Å². The number of Topliss-reactive ketones (excluding diaryl/α,β-unsaturated/α-hetero) is 1. The van der Waals surface area contributed by atoms with Crippen molar-refractivity contribution in [2.75, 3.05) is 13.1 Å². The molecule has 1 aliphatic heterocycles. The first-order chi connectivity index (χ1) is 13.9. The zero-order chi connectivity index (χ0) is 21.4. The fourth-order valence-electron chi connectivity index (χ4n) is 4.67. The summed E-state index contributed by atoms with van der Waals surface area (Å²) in [7, 11) is 18.2. The third-order valence-electron chi connectivity index (χ3n) is 6.49. The van der Waals surface area contributed by atoms with E-state index in [-0.39, 0.29) is 41.0 Å². The van der Waals surface area contributed by atoms with Crippen LogP contribution in [-0.4, -0.2) is 59.0 Å². The Kier molecular flexibility index (Phi) is 9.75. The van der Waals surface area contributed by atoms with Crippen LogP contribution in [0.4, 0.5) is 0 Å². The van der Waals surface area contributed by atoms with Gasteiger partial charge in [0, 0.05) is 17.9 Å². The number of allylic oxidation sites excluding steroid dienone is 3. The molecule has 1 saturated heterocycles. The Bertz CT molecular complexity index is 636. The van der Waals surface area contributed by atoms with E-state index >= 15 is 0 Å². The molecule has 0 aromatic rings. The number of likely N-dealkylation sites (tertiary alicyclic amines) is 1. The molecule has 150 valence electrons. The summed E-state index contributed by atoms with van der Waals surface area (Å²) < 4.78 is 0. The van der Waals surface area contributed by atoms with Gasteiger partial charge in [0.15, 0.2) is 7.85 Å². The van der Waals surface area contributed by atoms with Crippen LogP contribution in [0, 0.1) is 11.8 Å². The average molecular weight is 387 g/mol. The summed E-state index contributed by atoms with van der Waals surface area (Å²) in [5.74, 6) is -0.0521. The number of hydrogen-bond acceptors (Lipinski definition) is 3. The fraction of sp³-hybridized carbons (Fsp3) is 0.652. The van der Waals surface area contributed by atoms with Gasteiger partial charge in [-0.3, -0.25) is 9.69 Å². The van der Waals surface area contributed by atoms with Crippen molar-refractivity contribution in [3.05, 3.63) is 36.5 Å². The monoisotopic (exact) mass is 387 g/mol. The first kappa shape index (κ1) is 24.0. The highest BCUT2D eigenvalue weighted by molar-refractivity contribution is 6.58. The van der Waals surface area contributed by atoms with Crippen LogP contribution in [0.5, 0.6) is 0 Å². The molecule has 2 rings (SSSR count). The molecule has 3 nitrogen and oxygen atoms in total. The molecule has 0 aromatic heterocycles. The van der Waals surface area contributed by atoms with Gasteiger partial charge < -0.3 is 4.79 Å². The van der Waals surface area contributed by atoms with E-state index in [4.69, 9.17) is 23.5 Å². The van der Waals surface area contributed by atoms with Crippen LogP contribution in [0.25, 0.3) is 0 Å². The van der Waals surface area contributed by atoms with E-state index in [9.17, 15) is 9.59 Å². The van der Waals surface area contributed by atoms with Gasteiger partial charge in [0.25, 0.3) is 0 Å². The summed E-state index contributed by atoms with van der Waals surface area (Å²) in [6.45, 7) is 7.05. The van der Waals surface area contributed by atoms with E-state index in [1.165, 1.54) is 0 Å². The maximum absolute atomic E-state index is 13.1. The normalized spacial score (nSPS) is 32.4. The molecule has 29 heavy (non-hydrogen) atoms.